The number of ether oxygens (including phenoxy) is 1. The van der Waals surface area contributed by atoms with Crippen molar-refractivity contribution in [2.75, 3.05) is 24.6 Å². The van der Waals surface area contributed by atoms with Crippen LogP contribution in [0, 0.1) is 0 Å². The van der Waals surface area contributed by atoms with Crippen LogP contribution in [0.2, 0.25) is 0 Å². The molecule has 22 heavy (non-hydrogen) atoms. The Kier molecular flexibility index (Phi) is 5.37. The number of rotatable bonds is 4. The zero-order valence-corrected chi connectivity index (χ0v) is 14.6. The number of carbonyl (C=O) groups excluding carboxylic acids is 1. The highest BCUT2D eigenvalue weighted by atomic mass is 32.2. The third kappa shape index (κ3) is 5.12. The van der Waals surface area contributed by atoms with E-state index in [-0.39, 0.29) is 29.7 Å². The molecule has 2 aliphatic rings. The Hall–Kier alpha value is -0.820. The molecule has 0 aliphatic carbocycles. The highest BCUT2D eigenvalue weighted by molar-refractivity contribution is 7.91. The van der Waals surface area contributed by atoms with Gasteiger partial charge in [0, 0.05) is 18.6 Å². The van der Waals surface area contributed by atoms with Crippen molar-refractivity contribution in [3.8, 4) is 0 Å². The molecule has 1 N–H and O–H groups in total. The van der Waals surface area contributed by atoms with Crippen LogP contribution in [0.15, 0.2) is 0 Å². The van der Waals surface area contributed by atoms with Gasteiger partial charge in [-0.1, -0.05) is 0 Å². The van der Waals surface area contributed by atoms with E-state index < -0.39 is 15.4 Å². The van der Waals surface area contributed by atoms with E-state index in [0.29, 0.717) is 6.42 Å². The van der Waals surface area contributed by atoms with Gasteiger partial charge in [0.15, 0.2) is 9.84 Å². The molecule has 7 heteroatoms. The van der Waals surface area contributed by atoms with Crippen LogP contribution in [0.5, 0.6) is 0 Å². The molecule has 2 heterocycles. The molecule has 2 atom stereocenters. The molecular weight excluding hydrogens is 304 g/mol. The highest BCUT2D eigenvalue weighted by Gasteiger charge is 2.32. The summed E-state index contributed by atoms with van der Waals surface area (Å²) in [5, 5.41) is 3.31. The first-order valence-electron chi connectivity index (χ1n) is 8.10. The van der Waals surface area contributed by atoms with Gasteiger partial charge in [-0.3, -0.25) is 0 Å². The van der Waals surface area contributed by atoms with E-state index in [1.54, 1.807) is 0 Å². The van der Waals surface area contributed by atoms with Crippen molar-refractivity contribution in [3.63, 3.8) is 0 Å². The van der Waals surface area contributed by atoms with Gasteiger partial charge < -0.3 is 15.0 Å². The van der Waals surface area contributed by atoms with Crippen LogP contribution in [0.25, 0.3) is 0 Å². The molecule has 0 aromatic rings. The van der Waals surface area contributed by atoms with Crippen LogP contribution in [0.4, 0.5) is 4.79 Å². The number of nitrogens with zero attached hydrogens (tertiary/aromatic N) is 1. The summed E-state index contributed by atoms with van der Waals surface area (Å²) in [6.45, 7) is 7.11. The fraction of sp³-hybridized carbons (Fsp3) is 0.933. The number of hydrogen-bond donors (Lipinski definition) is 1. The minimum atomic E-state index is -2.84. The molecule has 1 amide bonds. The summed E-state index contributed by atoms with van der Waals surface area (Å²) < 4.78 is 28.3. The summed E-state index contributed by atoms with van der Waals surface area (Å²) in [7, 11) is -2.84. The first kappa shape index (κ1) is 17.5. The van der Waals surface area contributed by atoms with Crippen LogP contribution >= 0.6 is 0 Å². The van der Waals surface area contributed by atoms with Gasteiger partial charge in [0.25, 0.3) is 0 Å². The van der Waals surface area contributed by atoms with Gasteiger partial charge in [-0.15, -0.1) is 0 Å². The van der Waals surface area contributed by atoms with E-state index in [1.807, 2.05) is 25.7 Å². The molecule has 0 aromatic carbocycles. The van der Waals surface area contributed by atoms with Crippen molar-refractivity contribution >= 4 is 15.9 Å². The molecule has 0 bridgehead atoms. The van der Waals surface area contributed by atoms with Crippen LogP contribution in [-0.2, 0) is 14.6 Å². The summed E-state index contributed by atoms with van der Waals surface area (Å²) in [6, 6.07) is 0.265. The van der Waals surface area contributed by atoms with Crippen molar-refractivity contribution in [3.05, 3.63) is 0 Å². The van der Waals surface area contributed by atoms with E-state index in [1.165, 1.54) is 0 Å². The van der Waals surface area contributed by atoms with Crippen molar-refractivity contribution < 1.29 is 17.9 Å². The Morgan fingerprint density at radius 3 is 2.64 bits per heavy atom. The third-order valence-corrected chi connectivity index (χ3v) is 5.92. The average Bonchev–Trinajstić information content (AvgIpc) is 2.94. The van der Waals surface area contributed by atoms with Crippen molar-refractivity contribution in [2.45, 2.75) is 64.1 Å². The maximum atomic E-state index is 12.2. The van der Waals surface area contributed by atoms with E-state index in [2.05, 4.69) is 5.32 Å². The Morgan fingerprint density at radius 1 is 1.32 bits per heavy atom. The predicted molar refractivity (Wildman–Crippen MR) is 85.6 cm³/mol. The molecule has 0 radical (unpaired) electrons. The number of amides is 1. The zero-order valence-electron chi connectivity index (χ0n) is 13.8. The summed E-state index contributed by atoms with van der Waals surface area (Å²) in [6.07, 6.45) is 3.29. The van der Waals surface area contributed by atoms with Crippen LogP contribution < -0.4 is 5.32 Å². The second kappa shape index (κ2) is 6.74. The molecule has 0 aromatic heterocycles. The SMILES string of the molecule is CC(C)(C)OC(=O)N1CCCC1CCNC1CCS(=O)(=O)C1. The Balaban J connectivity index is 1.76. The standard InChI is InChI=1S/C15H28N2O4S/c1-15(2,3)21-14(18)17-9-4-5-13(17)6-8-16-12-7-10-22(19,20)11-12/h12-13,16H,4-11H2,1-3H3. The van der Waals surface area contributed by atoms with E-state index in [0.717, 1.165) is 32.4 Å². The lowest BCUT2D eigenvalue weighted by atomic mass is 10.1. The minimum Gasteiger partial charge on any atom is -0.444 e. The monoisotopic (exact) mass is 332 g/mol. The maximum absolute atomic E-state index is 12.2. The average molecular weight is 332 g/mol. The first-order chi connectivity index (χ1) is 10.2. The zero-order chi connectivity index (χ0) is 16.4. The molecule has 0 spiro atoms. The van der Waals surface area contributed by atoms with Crippen molar-refractivity contribution in [1.82, 2.24) is 10.2 Å². The molecular formula is C15H28N2O4S. The normalized spacial score (nSPS) is 28.0. The minimum absolute atomic E-state index is 0.0707. The first-order valence-corrected chi connectivity index (χ1v) is 9.92. The Bertz CT molecular complexity index is 498. The topological polar surface area (TPSA) is 75.7 Å². The quantitative estimate of drug-likeness (QED) is 0.845. The lowest BCUT2D eigenvalue weighted by molar-refractivity contribution is 0.0220. The second-order valence-electron chi connectivity index (χ2n) is 7.31. The summed E-state index contributed by atoms with van der Waals surface area (Å²) in [4.78, 5) is 14.0. The van der Waals surface area contributed by atoms with Crippen LogP contribution in [0.3, 0.4) is 0 Å². The molecule has 128 valence electrons. The number of nitrogens with one attached hydrogen (secondary N) is 1. The third-order valence-electron chi connectivity index (χ3n) is 4.15. The lowest BCUT2D eigenvalue weighted by Gasteiger charge is -2.29. The van der Waals surface area contributed by atoms with Gasteiger partial charge in [-0.05, 0) is 53.0 Å². The predicted octanol–water partition coefficient (Wildman–Crippen LogP) is 1.55. The van der Waals surface area contributed by atoms with E-state index >= 15 is 0 Å². The summed E-state index contributed by atoms with van der Waals surface area (Å²) in [5.41, 5.74) is -0.472. The molecule has 2 rings (SSSR count). The highest BCUT2D eigenvalue weighted by Crippen LogP contribution is 2.23. The molecule has 2 aliphatic heterocycles. The fourth-order valence-corrected chi connectivity index (χ4v) is 4.81. The molecule has 2 saturated heterocycles. The van der Waals surface area contributed by atoms with Crippen LogP contribution in [-0.4, -0.2) is 61.7 Å². The molecule has 0 saturated carbocycles. The van der Waals surface area contributed by atoms with E-state index in [9.17, 15) is 13.2 Å². The smallest absolute Gasteiger partial charge is 0.410 e. The number of sulfone groups is 1. The molecule has 2 unspecified atom stereocenters. The van der Waals surface area contributed by atoms with Gasteiger partial charge in [0.1, 0.15) is 5.60 Å². The van der Waals surface area contributed by atoms with Gasteiger partial charge in [-0.25, -0.2) is 13.2 Å². The maximum Gasteiger partial charge on any atom is 0.410 e. The number of hydrogen-bond acceptors (Lipinski definition) is 5. The summed E-state index contributed by atoms with van der Waals surface area (Å²) >= 11 is 0. The molecule has 2 fully saturated rings. The second-order valence-corrected chi connectivity index (χ2v) is 9.54. The largest absolute Gasteiger partial charge is 0.444 e. The number of carbonyl (C=O) groups is 1. The van der Waals surface area contributed by atoms with Gasteiger partial charge in [0.05, 0.1) is 11.5 Å². The van der Waals surface area contributed by atoms with Gasteiger partial charge >= 0.3 is 6.09 Å². The van der Waals surface area contributed by atoms with E-state index in [4.69, 9.17) is 4.74 Å². The Morgan fingerprint density at radius 2 is 2.05 bits per heavy atom. The Labute approximate surface area is 133 Å². The van der Waals surface area contributed by atoms with Crippen molar-refractivity contribution in [2.24, 2.45) is 0 Å². The van der Waals surface area contributed by atoms with Gasteiger partial charge in [0.2, 0.25) is 0 Å². The van der Waals surface area contributed by atoms with Gasteiger partial charge in [-0.2, -0.15) is 0 Å². The van der Waals surface area contributed by atoms with Crippen LogP contribution in [0.1, 0.15) is 46.5 Å². The number of likely N-dealkylation sites (tertiary alicyclic amines) is 1. The summed E-state index contributed by atoms with van der Waals surface area (Å²) in [5.74, 6) is 0.533. The van der Waals surface area contributed by atoms with Crippen molar-refractivity contribution in [1.29, 1.82) is 0 Å². The molecule has 6 nitrogen and oxygen atoms in total. The lowest BCUT2D eigenvalue weighted by Crippen LogP contribution is -2.41. The fourth-order valence-electron chi connectivity index (χ4n) is 3.11.